The predicted octanol–water partition coefficient (Wildman–Crippen LogP) is 0.335. The van der Waals surface area contributed by atoms with E-state index in [4.69, 9.17) is 10.8 Å². The second-order valence-electron chi connectivity index (χ2n) is 3.12. The molecule has 1 rings (SSSR count). The van der Waals surface area contributed by atoms with E-state index < -0.39 is 10.7 Å². The Morgan fingerprint density at radius 2 is 2.20 bits per heavy atom. The van der Waals surface area contributed by atoms with Crippen molar-refractivity contribution in [3.05, 3.63) is 33.9 Å². The largest absolute Gasteiger partial charge is 0.502 e. The first-order valence-corrected chi connectivity index (χ1v) is 4.38. The molecule has 82 valence electrons. The van der Waals surface area contributed by atoms with E-state index in [0.29, 0.717) is 5.56 Å². The summed E-state index contributed by atoms with van der Waals surface area (Å²) < 4.78 is 0. The van der Waals surface area contributed by atoms with Crippen LogP contribution in [-0.4, -0.2) is 28.3 Å². The Kier molecular flexibility index (Phi) is 3.59. The number of phenolic OH excluding ortho intramolecular Hbond substituents is 1. The summed E-state index contributed by atoms with van der Waals surface area (Å²) >= 11 is 0. The lowest BCUT2D eigenvalue weighted by atomic mass is 9.99. The zero-order valence-corrected chi connectivity index (χ0v) is 7.96. The lowest BCUT2D eigenvalue weighted by Crippen LogP contribution is -2.15. The third kappa shape index (κ3) is 2.42. The van der Waals surface area contributed by atoms with Gasteiger partial charge in [0.15, 0.2) is 5.75 Å². The Balaban J connectivity index is 3.05. The summed E-state index contributed by atoms with van der Waals surface area (Å²) in [4.78, 5) is 9.74. The first kappa shape index (κ1) is 11.4. The van der Waals surface area contributed by atoms with E-state index in [0.717, 1.165) is 0 Å². The highest BCUT2D eigenvalue weighted by Gasteiger charge is 2.16. The number of rotatable bonds is 4. The number of nitro benzene ring substituents is 1. The fraction of sp³-hybridized carbons (Fsp3) is 0.333. The molecule has 0 aliphatic rings. The van der Waals surface area contributed by atoms with Crippen molar-refractivity contribution < 1.29 is 15.1 Å². The Bertz CT molecular complexity index is 363. The highest BCUT2D eigenvalue weighted by Crippen LogP contribution is 2.28. The fourth-order valence-corrected chi connectivity index (χ4v) is 1.26. The van der Waals surface area contributed by atoms with Gasteiger partial charge >= 0.3 is 5.69 Å². The number of nitro groups is 1. The predicted molar refractivity (Wildman–Crippen MR) is 53.6 cm³/mol. The van der Waals surface area contributed by atoms with Crippen LogP contribution in [0.25, 0.3) is 0 Å². The van der Waals surface area contributed by atoms with Gasteiger partial charge in [0, 0.05) is 18.5 Å². The summed E-state index contributed by atoms with van der Waals surface area (Å²) in [5.41, 5.74) is 5.62. The van der Waals surface area contributed by atoms with Gasteiger partial charge in [-0.15, -0.1) is 0 Å². The van der Waals surface area contributed by atoms with E-state index in [2.05, 4.69) is 0 Å². The molecule has 0 saturated carbocycles. The van der Waals surface area contributed by atoms with Gasteiger partial charge in [-0.2, -0.15) is 0 Å². The molecule has 6 heteroatoms. The molecule has 1 unspecified atom stereocenters. The van der Waals surface area contributed by atoms with E-state index in [9.17, 15) is 15.2 Å². The molecule has 1 aromatic rings. The van der Waals surface area contributed by atoms with Crippen LogP contribution >= 0.6 is 0 Å². The molecule has 0 amide bonds. The zero-order valence-electron chi connectivity index (χ0n) is 7.96. The minimum absolute atomic E-state index is 0.159. The topological polar surface area (TPSA) is 110 Å². The number of aliphatic hydroxyl groups is 1. The molecule has 0 fully saturated rings. The van der Waals surface area contributed by atoms with Crippen molar-refractivity contribution in [1.29, 1.82) is 0 Å². The minimum Gasteiger partial charge on any atom is -0.502 e. The van der Waals surface area contributed by atoms with E-state index in [1.165, 1.54) is 18.2 Å². The summed E-state index contributed by atoms with van der Waals surface area (Å²) in [5, 5.41) is 28.7. The molecule has 0 saturated heterocycles. The molecule has 1 atom stereocenters. The lowest BCUT2D eigenvalue weighted by molar-refractivity contribution is -0.385. The van der Waals surface area contributed by atoms with E-state index in [-0.39, 0.29) is 24.8 Å². The Morgan fingerprint density at radius 3 is 2.60 bits per heavy atom. The highest BCUT2D eigenvalue weighted by atomic mass is 16.6. The summed E-state index contributed by atoms with van der Waals surface area (Å²) in [5.74, 6) is -0.721. The smallest absolute Gasteiger partial charge is 0.310 e. The van der Waals surface area contributed by atoms with Crippen molar-refractivity contribution in [3.63, 3.8) is 0 Å². The van der Waals surface area contributed by atoms with Gasteiger partial charge in [-0.1, -0.05) is 6.07 Å². The van der Waals surface area contributed by atoms with Crippen LogP contribution in [-0.2, 0) is 0 Å². The molecule has 0 heterocycles. The first-order valence-electron chi connectivity index (χ1n) is 4.38. The standard InChI is InChI=1S/C9H12N2O4/c10-4-7(5-12)6-1-2-8(11(14)15)9(13)3-6/h1-3,7,12-13H,4-5,10H2. The van der Waals surface area contributed by atoms with Crippen LogP contribution < -0.4 is 5.73 Å². The molecule has 0 aliphatic carbocycles. The molecule has 4 N–H and O–H groups in total. The minimum atomic E-state index is -0.671. The number of hydrogen-bond acceptors (Lipinski definition) is 5. The Labute approximate surface area is 86.1 Å². The second-order valence-corrected chi connectivity index (χ2v) is 3.12. The first-order chi connectivity index (χ1) is 7.10. The Hall–Kier alpha value is -1.66. The maximum absolute atomic E-state index is 10.4. The number of hydrogen-bond donors (Lipinski definition) is 3. The second kappa shape index (κ2) is 4.72. The number of aromatic hydroxyl groups is 1. The van der Waals surface area contributed by atoms with Crippen LogP contribution in [0.2, 0.25) is 0 Å². The SMILES string of the molecule is NCC(CO)c1ccc([N+](=O)[O-])c(O)c1. The van der Waals surface area contributed by atoms with Gasteiger partial charge in [-0.3, -0.25) is 10.1 Å². The molecule has 0 aliphatic heterocycles. The van der Waals surface area contributed by atoms with Gasteiger partial charge in [0.05, 0.1) is 11.5 Å². The number of aliphatic hydroxyl groups excluding tert-OH is 1. The van der Waals surface area contributed by atoms with Crippen LogP contribution in [0.3, 0.4) is 0 Å². The van der Waals surface area contributed by atoms with E-state index in [1.54, 1.807) is 0 Å². The summed E-state index contributed by atoms with van der Waals surface area (Å²) in [6.45, 7) is 0.0570. The number of nitrogens with two attached hydrogens (primary N) is 1. The van der Waals surface area contributed by atoms with Crippen molar-refractivity contribution in [3.8, 4) is 5.75 Å². The van der Waals surface area contributed by atoms with Gasteiger partial charge < -0.3 is 15.9 Å². The van der Waals surface area contributed by atoms with Crippen LogP contribution in [0.4, 0.5) is 5.69 Å². The lowest BCUT2D eigenvalue weighted by Gasteiger charge is -2.11. The van der Waals surface area contributed by atoms with E-state index >= 15 is 0 Å². The van der Waals surface area contributed by atoms with Crippen LogP contribution in [0.15, 0.2) is 18.2 Å². The van der Waals surface area contributed by atoms with Gasteiger partial charge in [0.1, 0.15) is 0 Å². The van der Waals surface area contributed by atoms with Gasteiger partial charge in [-0.25, -0.2) is 0 Å². The summed E-state index contributed by atoms with van der Waals surface area (Å²) in [6.07, 6.45) is 0. The zero-order chi connectivity index (χ0) is 11.4. The normalized spacial score (nSPS) is 12.4. The van der Waals surface area contributed by atoms with E-state index in [1.807, 2.05) is 0 Å². The average molecular weight is 212 g/mol. The number of nitrogens with zero attached hydrogens (tertiary/aromatic N) is 1. The highest BCUT2D eigenvalue weighted by molar-refractivity contribution is 5.48. The van der Waals surface area contributed by atoms with Crippen molar-refractivity contribution in [2.75, 3.05) is 13.2 Å². The maximum Gasteiger partial charge on any atom is 0.310 e. The average Bonchev–Trinajstić information content (AvgIpc) is 2.19. The molecule has 0 spiro atoms. The quantitative estimate of drug-likeness (QED) is 0.492. The maximum atomic E-state index is 10.4. The van der Waals surface area contributed by atoms with Crippen molar-refractivity contribution in [2.24, 2.45) is 5.73 Å². The number of phenols is 1. The summed E-state index contributed by atoms with van der Waals surface area (Å²) in [7, 11) is 0. The number of benzene rings is 1. The molecule has 0 aromatic heterocycles. The third-order valence-corrected chi connectivity index (χ3v) is 2.17. The molecular weight excluding hydrogens is 200 g/mol. The van der Waals surface area contributed by atoms with Crippen LogP contribution in [0.5, 0.6) is 5.75 Å². The van der Waals surface area contributed by atoms with Gasteiger partial charge in [0.25, 0.3) is 0 Å². The monoisotopic (exact) mass is 212 g/mol. The van der Waals surface area contributed by atoms with Crippen LogP contribution in [0.1, 0.15) is 11.5 Å². The van der Waals surface area contributed by atoms with Crippen molar-refractivity contribution in [1.82, 2.24) is 0 Å². The Morgan fingerprint density at radius 1 is 1.53 bits per heavy atom. The molecular formula is C9H12N2O4. The van der Waals surface area contributed by atoms with Gasteiger partial charge in [-0.05, 0) is 11.6 Å². The third-order valence-electron chi connectivity index (χ3n) is 2.17. The molecule has 6 nitrogen and oxygen atoms in total. The molecule has 0 bridgehead atoms. The summed E-state index contributed by atoms with van der Waals surface area (Å²) in [6, 6.07) is 3.93. The van der Waals surface area contributed by atoms with Crippen molar-refractivity contribution >= 4 is 5.69 Å². The van der Waals surface area contributed by atoms with Crippen molar-refractivity contribution in [2.45, 2.75) is 5.92 Å². The fourth-order valence-electron chi connectivity index (χ4n) is 1.26. The molecule has 15 heavy (non-hydrogen) atoms. The molecule has 1 aromatic carbocycles. The van der Waals surface area contributed by atoms with Crippen LogP contribution in [0, 0.1) is 10.1 Å². The molecule has 0 radical (unpaired) electrons. The van der Waals surface area contributed by atoms with Gasteiger partial charge in [0.2, 0.25) is 0 Å².